The van der Waals surface area contributed by atoms with Gasteiger partial charge in [0.1, 0.15) is 0 Å². The molecule has 2 unspecified atom stereocenters. The van der Waals surface area contributed by atoms with Crippen molar-refractivity contribution < 1.29 is 4.79 Å². The number of hydrogen-bond donors (Lipinski definition) is 1. The topological polar surface area (TPSA) is 46.3 Å². The van der Waals surface area contributed by atoms with E-state index in [1.165, 1.54) is 44.9 Å². The van der Waals surface area contributed by atoms with Crippen molar-refractivity contribution in [2.75, 3.05) is 13.1 Å². The van der Waals surface area contributed by atoms with Gasteiger partial charge < -0.3 is 10.6 Å². The Labute approximate surface area is 116 Å². The van der Waals surface area contributed by atoms with Crippen LogP contribution in [0.4, 0.5) is 0 Å². The van der Waals surface area contributed by atoms with Crippen molar-refractivity contribution in [3.63, 3.8) is 0 Å². The summed E-state index contributed by atoms with van der Waals surface area (Å²) in [5, 5.41) is 0. The smallest absolute Gasteiger partial charge is 0.225 e. The van der Waals surface area contributed by atoms with Crippen LogP contribution in [0, 0.1) is 11.3 Å². The molecule has 0 aromatic heterocycles. The lowest BCUT2D eigenvalue weighted by atomic mass is 9.69. The monoisotopic (exact) mass is 264 g/mol. The SMILES string of the molecule is NC1CCC(C(=O)N2CCCC3(CCCCC3)C2)C1. The number of rotatable bonds is 1. The number of nitrogens with two attached hydrogens (primary N) is 1. The first-order chi connectivity index (χ1) is 9.19. The fourth-order valence-corrected chi connectivity index (χ4v) is 4.60. The fraction of sp³-hybridized carbons (Fsp3) is 0.938. The molecule has 0 bridgehead atoms. The van der Waals surface area contributed by atoms with Crippen molar-refractivity contribution in [2.24, 2.45) is 17.1 Å². The Morgan fingerprint density at radius 2 is 1.79 bits per heavy atom. The van der Waals surface area contributed by atoms with E-state index in [9.17, 15) is 4.79 Å². The standard InChI is InChI=1S/C16H28N2O/c17-14-6-5-13(11-14)15(19)18-10-4-9-16(12-18)7-2-1-3-8-16/h13-14H,1-12,17H2. The summed E-state index contributed by atoms with van der Waals surface area (Å²) in [6, 6.07) is 0.266. The van der Waals surface area contributed by atoms with Gasteiger partial charge in [0.05, 0.1) is 0 Å². The minimum Gasteiger partial charge on any atom is -0.342 e. The molecule has 19 heavy (non-hydrogen) atoms. The Bertz CT molecular complexity index is 330. The second kappa shape index (κ2) is 5.43. The van der Waals surface area contributed by atoms with Gasteiger partial charge in [-0.3, -0.25) is 4.79 Å². The highest BCUT2D eigenvalue weighted by atomic mass is 16.2. The normalized spacial score (nSPS) is 34.7. The van der Waals surface area contributed by atoms with Crippen molar-refractivity contribution in [3.8, 4) is 0 Å². The first-order valence-corrected chi connectivity index (χ1v) is 8.23. The molecule has 1 spiro atoms. The number of likely N-dealkylation sites (tertiary alicyclic amines) is 1. The van der Waals surface area contributed by atoms with Crippen LogP contribution in [0.5, 0.6) is 0 Å². The number of carbonyl (C=O) groups excluding carboxylic acids is 1. The van der Waals surface area contributed by atoms with E-state index < -0.39 is 0 Å². The van der Waals surface area contributed by atoms with Crippen molar-refractivity contribution in [1.29, 1.82) is 0 Å². The van der Waals surface area contributed by atoms with Gasteiger partial charge in [0, 0.05) is 25.0 Å². The highest BCUT2D eigenvalue weighted by Gasteiger charge is 2.40. The average molecular weight is 264 g/mol. The van der Waals surface area contributed by atoms with Gasteiger partial charge in [0.15, 0.2) is 0 Å². The molecule has 2 atom stereocenters. The molecule has 2 N–H and O–H groups in total. The summed E-state index contributed by atoms with van der Waals surface area (Å²) in [5.41, 5.74) is 6.44. The summed E-state index contributed by atoms with van der Waals surface area (Å²) < 4.78 is 0. The summed E-state index contributed by atoms with van der Waals surface area (Å²) in [4.78, 5) is 14.8. The number of carbonyl (C=O) groups is 1. The maximum atomic E-state index is 12.6. The summed E-state index contributed by atoms with van der Waals surface area (Å²) in [5.74, 6) is 0.645. The molecule has 1 heterocycles. The maximum absolute atomic E-state index is 12.6. The zero-order valence-electron chi connectivity index (χ0n) is 12.1. The molecule has 1 amide bonds. The molecule has 3 aliphatic rings. The molecule has 2 saturated carbocycles. The lowest BCUT2D eigenvalue weighted by Gasteiger charge is -2.46. The molecule has 108 valence electrons. The summed E-state index contributed by atoms with van der Waals surface area (Å²) in [7, 11) is 0. The molecular weight excluding hydrogens is 236 g/mol. The molecule has 0 aromatic rings. The molecule has 3 rings (SSSR count). The summed E-state index contributed by atoms with van der Waals surface area (Å²) in [6.07, 6.45) is 12.4. The number of hydrogen-bond acceptors (Lipinski definition) is 2. The van der Waals surface area contributed by atoms with Gasteiger partial charge in [-0.1, -0.05) is 19.3 Å². The second-order valence-electron chi connectivity index (χ2n) is 7.19. The molecule has 1 saturated heterocycles. The van der Waals surface area contributed by atoms with Gasteiger partial charge in [-0.15, -0.1) is 0 Å². The van der Waals surface area contributed by atoms with Gasteiger partial charge >= 0.3 is 0 Å². The van der Waals surface area contributed by atoms with Crippen LogP contribution < -0.4 is 5.73 Å². The average Bonchev–Trinajstić information content (AvgIpc) is 2.85. The lowest BCUT2D eigenvalue weighted by molar-refractivity contribution is -0.139. The van der Waals surface area contributed by atoms with Crippen LogP contribution >= 0.6 is 0 Å². The fourth-order valence-electron chi connectivity index (χ4n) is 4.60. The molecule has 2 aliphatic carbocycles. The van der Waals surface area contributed by atoms with Gasteiger partial charge in [0.2, 0.25) is 5.91 Å². The van der Waals surface area contributed by atoms with E-state index in [0.717, 1.165) is 32.4 Å². The maximum Gasteiger partial charge on any atom is 0.225 e. The first-order valence-electron chi connectivity index (χ1n) is 8.23. The Morgan fingerprint density at radius 3 is 2.47 bits per heavy atom. The molecular formula is C16H28N2O. The Hall–Kier alpha value is -0.570. The Morgan fingerprint density at radius 1 is 1.05 bits per heavy atom. The van der Waals surface area contributed by atoms with Crippen molar-refractivity contribution >= 4 is 5.91 Å². The van der Waals surface area contributed by atoms with E-state index in [4.69, 9.17) is 5.73 Å². The molecule has 3 fully saturated rings. The molecule has 0 radical (unpaired) electrons. The van der Waals surface area contributed by atoms with E-state index in [0.29, 0.717) is 11.3 Å². The van der Waals surface area contributed by atoms with Crippen molar-refractivity contribution in [2.45, 2.75) is 70.3 Å². The highest BCUT2D eigenvalue weighted by molar-refractivity contribution is 5.79. The van der Waals surface area contributed by atoms with Crippen LogP contribution in [0.15, 0.2) is 0 Å². The minimum absolute atomic E-state index is 0.230. The number of amides is 1. The third-order valence-electron chi connectivity index (χ3n) is 5.71. The third-order valence-corrected chi connectivity index (χ3v) is 5.71. The minimum atomic E-state index is 0.230. The predicted molar refractivity (Wildman–Crippen MR) is 76.6 cm³/mol. The van der Waals surface area contributed by atoms with Crippen LogP contribution in [0.1, 0.15) is 64.2 Å². The predicted octanol–water partition coefficient (Wildman–Crippen LogP) is 2.69. The van der Waals surface area contributed by atoms with Crippen molar-refractivity contribution in [1.82, 2.24) is 4.90 Å². The van der Waals surface area contributed by atoms with Gasteiger partial charge in [0.25, 0.3) is 0 Å². The quantitative estimate of drug-likeness (QED) is 0.791. The van der Waals surface area contributed by atoms with Crippen LogP contribution in [-0.4, -0.2) is 29.9 Å². The summed E-state index contributed by atoms with van der Waals surface area (Å²) in [6.45, 7) is 2.03. The van der Waals surface area contributed by atoms with E-state index in [1.54, 1.807) is 0 Å². The van der Waals surface area contributed by atoms with Gasteiger partial charge in [-0.25, -0.2) is 0 Å². The zero-order chi connectivity index (χ0) is 13.3. The van der Waals surface area contributed by atoms with E-state index >= 15 is 0 Å². The molecule has 3 nitrogen and oxygen atoms in total. The Balaban J connectivity index is 1.62. The van der Waals surface area contributed by atoms with E-state index in [-0.39, 0.29) is 12.0 Å². The van der Waals surface area contributed by atoms with Crippen LogP contribution in [-0.2, 0) is 4.79 Å². The Kier molecular flexibility index (Phi) is 3.84. The van der Waals surface area contributed by atoms with Crippen LogP contribution in [0.3, 0.4) is 0 Å². The first kappa shape index (κ1) is 13.4. The van der Waals surface area contributed by atoms with Gasteiger partial charge in [-0.2, -0.15) is 0 Å². The lowest BCUT2D eigenvalue weighted by Crippen LogP contribution is -2.48. The number of piperidine rings is 1. The number of nitrogens with zero attached hydrogens (tertiary/aromatic N) is 1. The second-order valence-corrected chi connectivity index (χ2v) is 7.19. The largest absolute Gasteiger partial charge is 0.342 e. The summed E-state index contributed by atoms with van der Waals surface area (Å²) >= 11 is 0. The van der Waals surface area contributed by atoms with E-state index in [1.807, 2.05) is 0 Å². The zero-order valence-corrected chi connectivity index (χ0v) is 12.1. The van der Waals surface area contributed by atoms with Crippen LogP contribution in [0.25, 0.3) is 0 Å². The third kappa shape index (κ3) is 2.81. The van der Waals surface area contributed by atoms with Crippen molar-refractivity contribution in [3.05, 3.63) is 0 Å². The molecule has 1 aliphatic heterocycles. The highest BCUT2D eigenvalue weighted by Crippen LogP contribution is 2.43. The molecule has 3 heteroatoms. The molecule has 0 aromatic carbocycles. The van der Waals surface area contributed by atoms with Gasteiger partial charge in [-0.05, 0) is 50.4 Å². The van der Waals surface area contributed by atoms with Crippen LogP contribution in [0.2, 0.25) is 0 Å². The van der Waals surface area contributed by atoms with E-state index in [2.05, 4.69) is 4.90 Å².